The molecule has 0 amide bonds. The van der Waals surface area contributed by atoms with Gasteiger partial charge in [-0.3, -0.25) is 5.01 Å². The van der Waals surface area contributed by atoms with Crippen LogP contribution in [0, 0.1) is 10.1 Å². The van der Waals surface area contributed by atoms with E-state index in [1.165, 1.54) is 0 Å². The lowest BCUT2D eigenvalue weighted by atomic mass is 10.5. The number of hydrazine groups is 1. The largest absolute Gasteiger partial charge is 0.435 e. The van der Waals surface area contributed by atoms with Crippen molar-refractivity contribution >= 4 is 6.34 Å². The van der Waals surface area contributed by atoms with Gasteiger partial charge in [-0.15, -0.1) is 0 Å². The fourth-order valence-electron chi connectivity index (χ4n) is 0.925. The maximum absolute atomic E-state index is 12.2. The Balaban J connectivity index is 2.88. The second-order valence-electron chi connectivity index (χ2n) is 2.34. The van der Waals surface area contributed by atoms with Crippen molar-refractivity contribution in [1.29, 1.82) is 0 Å². The molecule has 1 aliphatic rings. The van der Waals surface area contributed by atoms with Gasteiger partial charge in [0.1, 0.15) is 0 Å². The second kappa shape index (κ2) is 2.75. The minimum atomic E-state index is -4.71. The molecule has 1 unspecified atom stereocenters. The number of nitrogens with zero attached hydrogens (tertiary/aromatic N) is 4. The summed E-state index contributed by atoms with van der Waals surface area (Å²) in [7, 11) is 1.01. The quantitative estimate of drug-likeness (QED) is 0.447. The highest BCUT2D eigenvalue weighted by Gasteiger charge is 2.53. The smallest absolute Gasteiger partial charge is 0.262 e. The topological polar surface area (TPSA) is 62.0 Å². The van der Waals surface area contributed by atoms with E-state index in [0.717, 1.165) is 7.05 Å². The number of halogens is 3. The number of rotatable bonds is 1. The van der Waals surface area contributed by atoms with Crippen molar-refractivity contribution in [3.8, 4) is 0 Å². The number of hydrogen-bond donors (Lipinski definition) is 0. The van der Waals surface area contributed by atoms with Crippen LogP contribution in [-0.2, 0) is 0 Å². The van der Waals surface area contributed by atoms with E-state index in [-0.39, 0.29) is 5.01 Å². The highest BCUT2D eigenvalue weighted by atomic mass is 19.4. The van der Waals surface area contributed by atoms with Gasteiger partial charge in [0.15, 0.2) is 11.4 Å². The first-order valence-corrected chi connectivity index (χ1v) is 3.10. The van der Waals surface area contributed by atoms with E-state index in [1.807, 2.05) is 0 Å². The highest BCUT2D eigenvalue weighted by Crippen LogP contribution is 2.28. The Hall–Kier alpha value is -1.54. The van der Waals surface area contributed by atoms with E-state index in [4.69, 9.17) is 0 Å². The standard InChI is InChI=1S/C4H5F3N4O2/c1-9-3(4(5,6)7)10(2-8-9)11(12)13/h2-3H,1H3. The molecule has 1 heterocycles. The fourth-order valence-corrected chi connectivity index (χ4v) is 0.925. The lowest BCUT2D eigenvalue weighted by Gasteiger charge is -2.22. The third-order valence-electron chi connectivity index (χ3n) is 1.44. The molecule has 0 aliphatic carbocycles. The molecular weight excluding hydrogens is 193 g/mol. The van der Waals surface area contributed by atoms with E-state index in [2.05, 4.69) is 5.10 Å². The van der Waals surface area contributed by atoms with Crippen LogP contribution in [0.5, 0.6) is 0 Å². The van der Waals surface area contributed by atoms with Crippen LogP contribution in [0.25, 0.3) is 0 Å². The Bertz CT molecular complexity index is 252. The Kier molecular flexibility index (Phi) is 2.02. The molecule has 0 aromatic heterocycles. The summed E-state index contributed by atoms with van der Waals surface area (Å²) in [4.78, 5) is 10.1. The van der Waals surface area contributed by atoms with E-state index >= 15 is 0 Å². The molecule has 9 heteroatoms. The summed E-state index contributed by atoms with van der Waals surface area (Å²) >= 11 is 0. The molecule has 6 nitrogen and oxygen atoms in total. The van der Waals surface area contributed by atoms with Crippen molar-refractivity contribution in [3.05, 3.63) is 10.1 Å². The monoisotopic (exact) mass is 198 g/mol. The second-order valence-corrected chi connectivity index (χ2v) is 2.34. The van der Waals surface area contributed by atoms with E-state index in [1.54, 1.807) is 0 Å². The van der Waals surface area contributed by atoms with Crippen LogP contribution >= 0.6 is 0 Å². The van der Waals surface area contributed by atoms with Crippen LogP contribution in [0.3, 0.4) is 0 Å². The molecule has 0 bridgehead atoms. The minimum absolute atomic E-state index is 0.0972. The van der Waals surface area contributed by atoms with Crippen LogP contribution in [0.15, 0.2) is 5.10 Å². The molecule has 13 heavy (non-hydrogen) atoms. The summed E-state index contributed by atoms with van der Waals surface area (Å²) in [6.45, 7) is 0. The molecule has 0 fully saturated rings. The first-order chi connectivity index (χ1) is 5.84. The third-order valence-corrected chi connectivity index (χ3v) is 1.44. The van der Waals surface area contributed by atoms with Gasteiger partial charge in [-0.05, 0) is 5.01 Å². The van der Waals surface area contributed by atoms with Gasteiger partial charge < -0.3 is 0 Å². The number of alkyl halides is 3. The molecule has 0 saturated heterocycles. The summed E-state index contributed by atoms with van der Waals surface area (Å²) in [5.41, 5.74) is 0. The van der Waals surface area contributed by atoms with Crippen LogP contribution in [0.4, 0.5) is 13.2 Å². The molecule has 1 atom stereocenters. The molecule has 0 aromatic rings. The van der Waals surface area contributed by atoms with Gasteiger partial charge in [0.05, 0.1) is 0 Å². The predicted octanol–water partition coefficient (Wildman–Crippen LogP) is 0.257. The third kappa shape index (κ3) is 1.63. The molecule has 0 saturated carbocycles. The van der Waals surface area contributed by atoms with Crippen LogP contribution in [0.2, 0.25) is 0 Å². The molecule has 0 spiro atoms. The van der Waals surface area contributed by atoms with Gasteiger partial charge in [0, 0.05) is 7.05 Å². The van der Waals surface area contributed by atoms with E-state index in [0.29, 0.717) is 11.3 Å². The predicted molar refractivity (Wildman–Crippen MR) is 34.9 cm³/mol. The Morgan fingerprint density at radius 2 is 2.15 bits per heavy atom. The van der Waals surface area contributed by atoms with Gasteiger partial charge in [-0.25, -0.2) is 10.1 Å². The maximum Gasteiger partial charge on any atom is 0.435 e. The van der Waals surface area contributed by atoms with Crippen molar-refractivity contribution in [2.75, 3.05) is 7.05 Å². The van der Waals surface area contributed by atoms with Crippen molar-refractivity contribution < 1.29 is 18.2 Å². The van der Waals surface area contributed by atoms with Crippen molar-refractivity contribution in [1.82, 2.24) is 10.0 Å². The van der Waals surface area contributed by atoms with Gasteiger partial charge in [-0.1, -0.05) is 0 Å². The van der Waals surface area contributed by atoms with Gasteiger partial charge in [0.2, 0.25) is 0 Å². The SMILES string of the molecule is CN1N=CN([N+](=O)[O-])C1C(F)(F)F. The molecule has 0 radical (unpaired) electrons. The van der Waals surface area contributed by atoms with E-state index < -0.39 is 17.4 Å². The number of nitro groups is 1. The Morgan fingerprint density at radius 3 is 2.46 bits per heavy atom. The zero-order valence-electron chi connectivity index (χ0n) is 6.39. The fraction of sp³-hybridized carbons (Fsp3) is 0.750. The number of hydrogen-bond acceptors (Lipinski definition) is 4. The first kappa shape index (κ1) is 9.55. The molecular formula is C4H5F3N4O2. The van der Waals surface area contributed by atoms with Crippen LogP contribution in [0.1, 0.15) is 0 Å². The summed E-state index contributed by atoms with van der Waals surface area (Å²) in [6, 6.07) is 0. The zero-order chi connectivity index (χ0) is 10.2. The zero-order valence-corrected chi connectivity index (χ0v) is 6.39. The van der Waals surface area contributed by atoms with Crippen molar-refractivity contribution in [2.45, 2.75) is 12.3 Å². The molecule has 0 aromatic carbocycles. The van der Waals surface area contributed by atoms with Crippen LogP contribution in [-0.4, -0.2) is 40.8 Å². The first-order valence-electron chi connectivity index (χ1n) is 3.10. The van der Waals surface area contributed by atoms with Gasteiger partial charge >= 0.3 is 6.18 Å². The normalized spacial score (nSPS) is 22.6. The van der Waals surface area contributed by atoms with Gasteiger partial charge in [0.25, 0.3) is 6.17 Å². The molecule has 1 rings (SSSR count). The maximum atomic E-state index is 12.2. The van der Waals surface area contributed by atoms with Crippen molar-refractivity contribution in [3.63, 3.8) is 0 Å². The highest BCUT2D eigenvalue weighted by molar-refractivity contribution is 5.55. The lowest BCUT2D eigenvalue weighted by molar-refractivity contribution is -0.646. The molecule has 74 valence electrons. The minimum Gasteiger partial charge on any atom is -0.262 e. The Labute approximate surface area is 70.3 Å². The average molecular weight is 198 g/mol. The van der Waals surface area contributed by atoms with Crippen molar-refractivity contribution in [2.24, 2.45) is 5.10 Å². The van der Waals surface area contributed by atoms with Crippen LogP contribution < -0.4 is 0 Å². The van der Waals surface area contributed by atoms with Gasteiger partial charge in [-0.2, -0.15) is 18.3 Å². The average Bonchev–Trinajstić information content (AvgIpc) is 2.28. The molecule has 1 aliphatic heterocycles. The Morgan fingerprint density at radius 1 is 1.62 bits per heavy atom. The van der Waals surface area contributed by atoms with E-state index in [9.17, 15) is 23.3 Å². The summed E-state index contributed by atoms with van der Waals surface area (Å²) < 4.78 is 36.5. The summed E-state index contributed by atoms with van der Waals surface area (Å²) in [5.74, 6) is 0. The number of hydrazone groups is 1. The summed E-state index contributed by atoms with van der Waals surface area (Å²) in [5, 5.41) is 12.5. The lowest BCUT2D eigenvalue weighted by Crippen LogP contribution is -2.51. The summed E-state index contributed by atoms with van der Waals surface area (Å²) in [6.07, 6.45) is -6.50. The molecule has 0 N–H and O–H groups in total.